The fourth-order valence-electron chi connectivity index (χ4n) is 7.68. The lowest BCUT2D eigenvalue weighted by Crippen LogP contribution is -2.45. The van der Waals surface area contributed by atoms with Gasteiger partial charge in [-0.2, -0.15) is 0 Å². The number of methoxy groups -OCH3 is 1. The second-order valence-electron chi connectivity index (χ2n) is 14.6. The van der Waals surface area contributed by atoms with Crippen LogP contribution < -0.4 is 19.1 Å². The number of carbonyl (C=O) groups excluding carboxylic acids is 2. The summed E-state index contributed by atoms with van der Waals surface area (Å²) in [5.74, 6) is -0.899. The summed E-state index contributed by atoms with van der Waals surface area (Å²) >= 11 is 0. The van der Waals surface area contributed by atoms with Crippen LogP contribution in [0.15, 0.2) is 60.7 Å². The van der Waals surface area contributed by atoms with Crippen molar-refractivity contribution in [2.45, 2.75) is 51.2 Å². The molecule has 1 N–H and O–H groups in total. The number of nitrogens with zero attached hydrogens (tertiary/aromatic N) is 4. The van der Waals surface area contributed by atoms with Crippen molar-refractivity contribution >= 4 is 23.5 Å². The molecule has 3 aliphatic heterocycles. The highest BCUT2D eigenvalue weighted by atomic mass is 16.7. The number of ether oxygens (including phenoxy) is 3. The first-order valence-corrected chi connectivity index (χ1v) is 17.5. The molecule has 1 saturated heterocycles. The van der Waals surface area contributed by atoms with Crippen LogP contribution in [0.1, 0.15) is 59.2 Å². The highest BCUT2D eigenvalue weighted by Gasteiger charge is 2.48. The summed E-state index contributed by atoms with van der Waals surface area (Å²) in [5, 5.41) is 10.8. The fourth-order valence-corrected chi connectivity index (χ4v) is 7.68. The zero-order chi connectivity index (χ0) is 35.6. The smallest absolute Gasteiger partial charge is 0.308 e. The molecule has 0 saturated carbocycles. The number of amides is 2. The molecule has 3 aromatic carbocycles. The van der Waals surface area contributed by atoms with E-state index in [1.54, 1.807) is 12.0 Å². The lowest BCUT2D eigenvalue weighted by molar-refractivity contribution is -0.884. The SMILES string of the molecule is CCCCN(C(=O)CN1C[C@H](c2cc(OC)c3c(c2)OCO3)[C@@H](C(=O)O)[C@@H]1CCN1Cc2ccccc2C1=O)c1cccc(C[N+](C)(C)C)c1. The average molecular weight is 686 g/mol. The van der Waals surface area contributed by atoms with Crippen molar-refractivity contribution < 1.29 is 38.2 Å². The van der Waals surface area contributed by atoms with Crippen LogP contribution in [0.2, 0.25) is 0 Å². The van der Waals surface area contributed by atoms with Crippen molar-refractivity contribution in [2.24, 2.45) is 5.92 Å². The lowest BCUT2D eigenvalue weighted by Gasteiger charge is -2.31. The molecule has 0 bridgehead atoms. The molecule has 266 valence electrons. The van der Waals surface area contributed by atoms with Gasteiger partial charge >= 0.3 is 5.97 Å². The van der Waals surface area contributed by atoms with Gasteiger partial charge in [0.25, 0.3) is 5.91 Å². The Labute approximate surface area is 294 Å². The lowest BCUT2D eigenvalue weighted by atomic mass is 9.84. The number of unbranched alkanes of at least 4 members (excludes halogenated alkanes) is 1. The van der Waals surface area contributed by atoms with Gasteiger partial charge in [0.2, 0.25) is 18.4 Å². The van der Waals surface area contributed by atoms with Crippen LogP contribution in [0, 0.1) is 5.92 Å². The predicted molar refractivity (Wildman–Crippen MR) is 190 cm³/mol. The average Bonchev–Trinajstić information content (AvgIpc) is 3.78. The Morgan fingerprint density at radius 1 is 1.06 bits per heavy atom. The largest absolute Gasteiger partial charge is 0.493 e. The molecule has 0 radical (unpaired) electrons. The van der Waals surface area contributed by atoms with E-state index in [1.165, 1.54) is 0 Å². The van der Waals surface area contributed by atoms with E-state index in [0.29, 0.717) is 55.4 Å². The predicted octanol–water partition coefficient (Wildman–Crippen LogP) is 4.98. The standard InChI is InChI=1S/C39H48N4O7/c1-6-7-16-42(29-13-10-11-26(18-29)24-43(2,3)4)35(44)23-41-22-31(28-19-33(48-5)37-34(20-28)49-25-50-37)36(39(46)47)32(41)15-17-40-21-27-12-8-9-14-30(27)38(40)45/h8-14,18-20,31-32,36H,6-7,15-17,21-25H2,1-5H3/p+1/t31-,32+,36-/m1/s1. The first-order valence-electron chi connectivity index (χ1n) is 17.5. The van der Waals surface area contributed by atoms with Gasteiger partial charge in [0, 0.05) is 55.0 Å². The van der Waals surface area contributed by atoms with Gasteiger partial charge in [-0.25, -0.2) is 0 Å². The van der Waals surface area contributed by atoms with Gasteiger partial charge < -0.3 is 33.6 Å². The number of likely N-dealkylation sites (tertiary alicyclic amines) is 1. The normalized spacial score (nSPS) is 19.9. The molecule has 3 heterocycles. The summed E-state index contributed by atoms with van der Waals surface area (Å²) in [6.07, 6.45) is 2.16. The van der Waals surface area contributed by atoms with Crippen LogP contribution in [-0.4, -0.2) is 104 Å². The zero-order valence-electron chi connectivity index (χ0n) is 29.8. The summed E-state index contributed by atoms with van der Waals surface area (Å²) in [6, 6.07) is 18.9. The number of carboxylic acids is 1. The van der Waals surface area contributed by atoms with Crippen molar-refractivity contribution in [2.75, 3.05) is 66.1 Å². The Morgan fingerprint density at radius 3 is 2.58 bits per heavy atom. The maximum Gasteiger partial charge on any atom is 0.308 e. The highest BCUT2D eigenvalue weighted by molar-refractivity contribution is 5.98. The van der Waals surface area contributed by atoms with Crippen molar-refractivity contribution in [3.8, 4) is 17.2 Å². The number of aliphatic carboxylic acids is 1. The first kappa shape index (κ1) is 35.2. The third kappa shape index (κ3) is 7.44. The van der Waals surface area contributed by atoms with E-state index >= 15 is 0 Å². The fraction of sp³-hybridized carbons (Fsp3) is 0.462. The van der Waals surface area contributed by atoms with E-state index in [0.717, 1.165) is 46.2 Å². The molecule has 11 heteroatoms. The maximum atomic E-state index is 14.4. The van der Waals surface area contributed by atoms with Crippen LogP contribution in [0.25, 0.3) is 0 Å². The summed E-state index contributed by atoms with van der Waals surface area (Å²) in [4.78, 5) is 46.6. The molecule has 0 aromatic heterocycles. The summed E-state index contributed by atoms with van der Waals surface area (Å²) in [6.45, 7) is 4.78. The summed E-state index contributed by atoms with van der Waals surface area (Å²) < 4.78 is 17.7. The van der Waals surface area contributed by atoms with Gasteiger partial charge in [0.15, 0.2) is 11.5 Å². The molecular formula is C39H49N4O7+. The zero-order valence-corrected chi connectivity index (χ0v) is 29.8. The van der Waals surface area contributed by atoms with Gasteiger partial charge in [0.05, 0.1) is 40.7 Å². The van der Waals surface area contributed by atoms with Crippen LogP contribution in [-0.2, 0) is 22.7 Å². The Hall–Kier alpha value is -4.61. The number of rotatable bonds is 14. The van der Waals surface area contributed by atoms with Crippen molar-refractivity contribution in [1.29, 1.82) is 0 Å². The third-order valence-electron chi connectivity index (χ3n) is 9.99. The van der Waals surface area contributed by atoms with Crippen molar-refractivity contribution in [1.82, 2.24) is 9.80 Å². The van der Waals surface area contributed by atoms with Crippen molar-refractivity contribution in [3.05, 3.63) is 82.9 Å². The van der Waals surface area contributed by atoms with E-state index in [-0.39, 0.29) is 25.2 Å². The number of hydrogen-bond acceptors (Lipinski definition) is 7. The van der Waals surface area contributed by atoms with Gasteiger partial charge in [-0.3, -0.25) is 19.3 Å². The second-order valence-corrected chi connectivity index (χ2v) is 14.6. The van der Waals surface area contributed by atoms with Crippen molar-refractivity contribution in [3.63, 3.8) is 0 Å². The van der Waals surface area contributed by atoms with E-state index in [9.17, 15) is 19.5 Å². The summed E-state index contributed by atoms with van der Waals surface area (Å²) in [5.41, 5.74) is 4.39. The molecule has 2 amide bonds. The quantitative estimate of drug-likeness (QED) is 0.237. The summed E-state index contributed by atoms with van der Waals surface area (Å²) in [7, 11) is 7.96. The number of carbonyl (C=O) groups is 3. The number of hydrogen-bond donors (Lipinski definition) is 1. The molecule has 11 nitrogen and oxygen atoms in total. The number of fused-ring (bicyclic) bond motifs is 2. The Morgan fingerprint density at radius 2 is 1.86 bits per heavy atom. The molecule has 0 spiro atoms. The van der Waals surface area contributed by atoms with E-state index in [4.69, 9.17) is 14.2 Å². The minimum Gasteiger partial charge on any atom is -0.493 e. The molecule has 6 rings (SSSR count). The molecule has 3 aromatic rings. The molecule has 50 heavy (non-hydrogen) atoms. The molecular weight excluding hydrogens is 636 g/mol. The Kier molecular flexibility index (Phi) is 10.4. The number of benzene rings is 3. The highest BCUT2D eigenvalue weighted by Crippen LogP contribution is 2.47. The number of carboxylic acid groups (broad SMARTS) is 1. The van der Waals surface area contributed by atoms with Crippen LogP contribution >= 0.6 is 0 Å². The molecule has 0 aliphatic carbocycles. The second kappa shape index (κ2) is 14.7. The van der Waals surface area contributed by atoms with Gasteiger partial charge in [-0.1, -0.05) is 43.7 Å². The maximum absolute atomic E-state index is 14.4. The van der Waals surface area contributed by atoms with Crippen LogP contribution in [0.5, 0.6) is 17.2 Å². The first-order chi connectivity index (χ1) is 24.0. The van der Waals surface area contributed by atoms with Gasteiger partial charge in [-0.15, -0.1) is 0 Å². The Balaban J connectivity index is 1.31. The molecule has 3 atom stereocenters. The molecule has 0 unspecified atom stereocenters. The monoisotopic (exact) mass is 685 g/mol. The molecule has 3 aliphatic rings. The topological polar surface area (TPSA) is 109 Å². The van der Waals surface area contributed by atoms with Gasteiger partial charge in [-0.05, 0) is 54.3 Å². The number of anilines is 1. The van der Waals surface area contributed by atoms with Gasteiger partial charge in [0.1, 0.15) is 6.54 Å². The van der Waals surface area contributed by atoms with E-state index in [2.05, 4.69) is 40.2 Å². The molecule has 1 fully saturated rings. The van der Waals surface area contributed by atoms with Crippen LogP contribution in [0.3, 0.4) is 0 Å². The minimum absolute atomic E-state index is 0.0457. The third-order valence-corrected chi connectivity index (χ3v) is 9.99. The van der Waals surface area contributed by atoms with E-state index < -0.39 is 23.8 Å². The minimum atomic E-state index is -0.946. The Bertz CT molecular complexity index is 1740. The van der Waals surface area contributed by atoms with Crippen LogP contribution in [0.4, 0.5) is 5.69 Å². The van der Waals surface area contributed by atoms with E-state index in [1.807, 2.05) is 58.3 Å². The number of quaternary nitrogens is 1.